The molecule has 0 atom stereocenters. The number of carbonyl (C=O) groups is 3. The molecule has 0 spiro atoms. The average Bonchev–Trinajstić information content (AvgIpc) is 2.27. The van der Waals surface area contributed by atoms with Gasteiger partial charge in [-0.05, 0) is 12.1 Å². The molecule has 96 valence electrons. The van der Waals surface area contributed by atoms with Crippen molar-refractivity contribution in [3.8, 4) is 0 Å². The van der Waals surface area contributed by atoms with E-state index in [9.17, 15) is 18.8 Å². The molecule has 0 aromatic heterocycles. The second-order valence-corrected chi connectivity index (χ2v) is 5.08. The highest BCUT2D eigenvalue weighted by molar-refractivity contribution is 6.42. The van der Waals surface area contributed by atoms with Crippen molar-refractivity contribution in [3.63, 3.8) is 0 Å². The maximum Gasteiger partial charge on any atom is 0.206 e. The molecule has 0 amide bonds. The molecule has 0 radical (unpaired) electrons. The number of carbonyl (C=O) groups excluding carboxylic acids is 3. The van der Waals surface area contributed by atoms with Crippen LogP contribution in [0.15, 0.2) is 24.3 Å². The largest absolute Gasteiger partial charge is 0.294 e. The van der Waals surface area contributed by atoms with Crippen LogP contribution < -0.4 is 0 Å². The summed E-state index contributed by atoms with van der Waals surface area (Å²) in [5.41, 5.74) is -0.986. The fourth-order valence-electron chi connectivity index (χ4n) is 1.43. The van der Waals surface area contributed by atoms with E-state index in [0.29, 0.717) is 0 Å². The van der Waals surface area contributed by atoms with Crippen LogP contribution in [-0.4, -0.2) is 17.3 Å². The molecular weight excluding hydrogens is 235 g/mol. The third-order valence-corrected chi connectivity index (χ3v) is 2.43. The third-order valence-electron chi connectivity index (χ3n) is 2.43. The molecule has 0 fully saturated rings. The summed E-state index contributed by atoms with van der Waals surface area (Å²) >= 11 is 0. The lowest BCUT2D eigenvalue weighted by molar-refractivity contribution is -0.140. The lowest BCUT2D eigenvalue weighted by Gasteiger charge is -2.14. The molecule has 0 saturated carbocycles. The van der Waals surface area contributed by atoms with Gasteiger partial charge in [0.25, 0.3) is 0 Å². The van der Waals surface area contributed by atoms with Gasteiger partial charge in [-0.1, -0.05) is 32.9 Å². The summed E-state index contributed by atoms with van der Waals surface area (Å²) in [4.78, 5) is 34.9. The van der Waals surface area contributed by atoms with Gasteiger partial charge in [0.05, 0.1) is 12.0 Å². The zero-order valence-corrected chi connectivity index (χ0v) is 10.6. The third kappa shape index (κ3) is 3.32. The maximum absolute atomic E-state index is 13.3. The van der Waals surface area contributed by atoms with Crippen LogP contribution in [-0.2, 0) is 9.59 Å². The first kappa shape index (κ1) is 14.2. The zero-order chi connectivity index (χ0) is 13.9. The molecule has 3 nitrogen and oxygen atoms in total. The summed E-state index contributed by atoms with van der Waals surface area (Å²) in [5.74, 6) is -2.75. The SMILES string of the molecule is CC(C)(C)C(=O)C(=O)CC(=O)c1ccccc1F. The quantitative estimate of drug-likeness (QED) is 0.469. The van der Waals surface area contributed by atoms with Crippen LogP contribution in [0.5, 0.6) is 0 Å². The van der Waals surface area contributed by atoms with Crippen molar-refractivity contribution >= 4 is 17.3 Å². The number of ketones is 3. The van der Waals surface area contributed by atoms with Gasteiger partial charge in [-0.15, -0.1) is 0 Å². The van der Waals surface area contributed by atoms with E-state index in [1.807, 2.05) is 0 Å². The topological polar surface area (TPSA) is 51.2 Å². The maximum atomic E-state index is 13.3. The molecule has 4 heteroatoms. The van der Waals surface area contributed by atoms with Crippen LogP contribution in [0.3, 0.4) is 0 Å². The number of hydrogen-bond donors (Lipinski definition) is 0. The van der Waals surface area contributed by atoms with Crippen molar-refractivity contribution in [3.05, 3.63) is 35.6 Å². The van der Waals surface area contributed by atoms with Crippen molar-refractivity contribution in [2.75, 3.05) is 0 Å². The summed E-state index contributed by atoms with van der Waals surface area (Å²) < 4.78 is 13.3. The van der Waals surface area contributed by atoms with E-state index < -0.39 is 35.0 Å². The first-order valence-electron chi connectivity index (χ1n) is 5.59. The Morgan fingerprint density at radius 2 is 1.67 bits per heavy atom. The number of rotatable bonds is 4. The Balaban J connectivity index is 2.82. The first-order valence-corrected chi connectivity index (χ1v) is 5.59. The van der Waals surface area contributed by atoms with E-state index in [0.717, 1.165) is 6.07 Å². The van der Waals surface area contributed by atoms with E-state index in [4.69, 9.17) is 0 Å². The summed E-state index contributed by atoms with van der Waals surface area (Å²) in [7, 11) is 0. The van der Waals surface area contributed by atoms with Crippen LogP contribution in [0.4, 0.5) is 4.39 Å². The van der Waals surface area contributed by atoms with Gasteiger partial charge in [0.2, 0.25) is 11.6 Å². The molecule has 0 aliphatic carbocycles. The van der Waals surface area contributed by atoms with Gasteiger partial charge in [0.15, 0.2) is 5.78 Å². The fourth-order valence-corrected chi connectivity index (χ4v) is 1.43. The molecule has 0 aliphatic rings. The van der Waals surface area contributed by atoms with Crippen LogP contribution in [0, 0.1) is 11.2 Å². The minimum Gasteiger partial charge on any atom is -0.294 e. The average molecular weight is 250 g/mol. The van der Waals surface area contributed by atoms with Crippen LogP contribution in [0.2, 0.25) is 0 Å². The van der Waals surface area contributed by atoms with Gasteiger partial charge in [0.1, 0.15) is 5.82 Å². The Hall–Kier alpha value is -1.84. The molecular formula is C14H15FO3. The molecule has 1 aromatic rings. The summed E-state index contributed by atoms with van der Waals surface area (Å²) in [5, 5.41) is 0. The van der Waals surface area contributed by atoms with Gasteiger partial charge in [-0.3, -0.25) is 14.4 Å². The normalized spacial score (nSPS) is 11.1. The van der Waals surface area contributed by atoms with Crippen LogP contribution in [0.1, 0.15) is 37.6 Å². The molecule has 0 N–H and O–H groups in total. The smallest absolute Gasteiger partial charge is 0.206 e. The predicted molar refractivity (Wildman–Crippen MR) is 64.8 cm³/mol. The Labute approximate surface area is 105 Å². The monoisotopic (exact) mass is 250 g/mol. The number of Topliss-reactive ketones (excluding diaryl/α,β-unsaturated/α-hetero) is 3. The van der Waals surface area contributed by atoms with E-state index in [1.54, 1.807) is 20.8 Å². The molecule has 18 heavy (non-hydrogen) atoms. The van der Waals surface area contributed by atoms with Crippen molar-refractivity contribution < 1.29 is 18.8 Å². The molecule has 1 aromatic carbocycles. The van der Waals surface area contributed by atoms with Crippen LogP contribution >= 0.6 is 0 Å². The standard InChI is InChI=1S/C14H15FO3/c1-14(2,3)13(18)12(17)8-11(16)9-6-4-5-7-10(9)15/h4-7H,8H2,1-3H3. The Bertz CT molecular complexity index is 498. The summed E-state index contributed by atoms with van der Waals surface area (Å²) in [6.07, 6.45) is -0.586. The van der Waals surface area contributed by atoms with Gasteiger partial charge >= 0.3 is 0 Å². The number of halogens is 1. The Morgan fingerprint density at radius 3 is 2.17 bits per heavy atom. The lowest BCUT2D eigenvalue weighted by atomic mass is 9.86. The van der Waals surface area contributed by atoms with E-state index in [-0.39, 0.29) is 5.56 Å². The number of hydrogen-bond acceptors (Lipinski definition) is 3. The first-order chi connectivity index (χ1) is 8.23. The van der Waals surface area contributed by atoms with E-state index >= 15 is 0 Å². The van der Waals surface area contributed by atoms with Crippen molar-refractivity contribution in [2.24, 2.45) is 5.41 Å². The van der Waals surface area contributed by atoms with Gasteiger partial charge in [0, 0.05) is 5.41 Å². The highest BCUT2D eigenvalue weighted by Gasteiger charge is 2.29. The minimum absolute atomic E-state index is 0.160. The molecule has 1 rings (SSSR count). The molecule has 0 aliphatic heterocycles. The van der Waals surface area contributed by atoms with Crippen LogP contribution in [0.25, 0.3) is 0 Å². The number of benzene rings is 1. The Morgan fingerprint density at radius 1 is 1.11 bits per heavy atom. The van der Waals surface area contributed by atoms with Gasteiger partial charge < -0.3 is 0 Å². The minimum atomic E-state index is -0.827. The lowest BCUT2D eigenvalue weighted by Crippen LogP contribution is -2.30. The second kappa shape index (κ2) is 5.21. The predicted octanol–water partition coefficient (Wildman–Crippen LogP) is 2.58. The van der Waals surface area contributed by atoms with E-state index in [2.05, 4.69) is 0 Å². The molecule has 0 heterocycles. The van der Waals surface area contributed by atoms with E-state index in [1.165, 1.54) is 18.2 Å². The summed E-state index contributed by atoms with van der Waals surface area (Å²) in [6, 6.07) is 5.40. The summed E-state index contributed by atoms with van der Waals surface area (Å²) in [6.45, 7) is 4.79. The van der Waals surface area contributed by atoms with Gasteiger partial charge in [-0.2, -0.15) is 0 Å². The molecule has 0 saturated heterocycles. The second-order valence-electron chi connectivity index (χ2n) is 5.08. The van der Waals surface area contributed by atoms with Crippen molar-refractivity contribution in [1.82, 2.24) is 0 Å². The van der Waals surface area contributed by atoms with Crippen molar-refractivity contribution in [2.45, 2.75) is 27.2 Å². The van der Waals surface area contributed by atoms with Crippen molar-refractivity contribution in [1.29, 1.82) is 0 Å². The zero-order valence-electron chi connectivity index (χ0n) is 10.6. The van der Waals surface area contributed by atoms with Gasteiger partial charge in [-0.25, -0.2) is 4.39 Å². The fraction of sp³-hybridized carbons (Fsp3) is 0.357. The molecule has 0 bridgehead atoms. The highest BCUT2D eigenvalue weighted by atomic mass is 19.1. The molecule has 0 unspecified atom stereocenters. The highest BCUT2D eigenvalue weighted by Crippen LogP contribution is 2.17. The Kier molecular flexibility index (Phi) is 4.11.